The molecule has 1 aliphatic rings. The molecular weight excluding hydrogens is 244 g/mol. The summed E-state index contributed by atoms with van der Waals surface area (Å²) in [5, 5.41) is 5.23. The second-order valence-electron chi connectivity index (χ2n) is 5.06. The molecular formula is C14H22N2OS. The molecule has 1 unspecified atom stereocenters. The zero-order valence-corrected chi connectivity index (χ0v) is 11.7. The first-order valence-electron chi connectivity index (χ1n) is 6.81. The number of nitrogens with one attached hydrogen (secondary N) is 1. The van der Waals surface area contributed by atoms with Crippen molar-refractivity contribution in [2.75, 3.05) is 0 Å². The normalized spacial score (nSPS) is 19.7. The van der Waals surface area contributed by atoms with E-state index in [-0.39, 0.29) is 18.0 Å². The van der Waals surface area contributed by atoms with Gasteiger partial charge in [-0.15, -0.1) is 11.3 Å². The van der Waals surface area contributed by atoms with Gasteiger partial charge in [-0.1, -0.05) is 25.8 Å². The summed E-state index contributed by atoms with van der Waals surface area (Å²) in [6, 6.07) is 3.95. The summed E-state index contributed by atoms with van der Waals surface area (Å²) in [6.45, 7) is 1.94. The van der Waals surface area contributed by atoms with Gasteiger partial charge in [0.15, 0.2) is 0 Å². The highest BCUT2D eigenvalue weighted by Gasteiger charge is 2.29. The van der Waals surface area contributed by atoms with Gasteiger partial charge in [0.1, 0.15) is 0 Å². The third kappa shape index (κ3) is 3.12. The minimum atomic E-state index is -0.381. The average Bonchev–Trinajstić information content (AvgIpc) is 3.06. The molecule has 1 aromatic heterocycles. The number of amides is 1. The van der Waals surface area contributed by atoms with Crippen LogP contribution in [0.3, 0.4) is 0 Å². The van der Waals surface area contributed by atoms with E-state index >= 15 is 0 Å². The van der Waals surface area contributed by atoms with Gasteiger partial charge in [0.25, 0.3) is 0 Å². The number of rotatable bonds is 5. The number of hydrogen-bond acceptors (Lipinski definition) is 3. The van der Waals surface area contributed by atoms with Crippen LogP contribution >= 0.6 is 11.3 Å². The van der Waals surface area contributed by atoms with Gasteiger partial charge in [-0.3, -0.25) is 4.79 Å². The molecule has 1 aromatic rings. The van der Waals surface area contributed by atoms with Gasteiger partial charge < -0.3 is 11.1 Å². The fraction of sp³-hybridized carbons (Fsp3) is 0.643. The highest BCUT2D eigenvalue weighted by atomic mass is 32.1. The summed E-state index contributed by atoms with van der Waals surface area (Å²) in [4.78, 5) is 13.3. The number of carbonyl (C=O) groups is 1. The molecule has 0 radical (unpaired) electrons. The van der Waals surface area contributed by atoms with Crippen molar-refractivity contribution in [3.63, 3.8) is 0 Å². The highest BCUT2D eigenvalue weighted by molar-refractivity contribution is 7.10. The fourth-order valence-electron chi connectivity index (χ4n) is 2.63. The van der Waals surface area contributed by atoms with Crippen LogP contribution < -0.4 is 11.1 Å². The summed E-state index contributed by atoms with van der Waals surface area (Å²) >= 11 is 1.72. The molecule has 1 fully saturated rings. The predicted molar refractivity (Wildman–Crippen MR) is 75.4 cm³/mol. The average molecular weight is 266 g/mol. The molecule has 1 heterocycles. The van der Waals surface area contributed by atoms with E-state index in [1.807, 2.05) is 13.0 Å². The summed E-state index contributed by atoms with van der Waals surface area (Å²) < 4.78 is 0. The molecule has 100 valence electrons. The molecule has 0 aliphatic heterocycles. The minimum Gasteiger partial charge on any atom is -0.347 e. The minimum absolute atomic E-state index is 0.0113. The third-order valence-corrected chi connectivity index (χ3v) is 4.75. The van der Waals surface area contributed by atoms with Crippen molar-refractivity contribution in [3.05, 3.63) is 22.4 Å². The van der Waals surface area contributed by atoms with Crippen LogP contribution in [0.25, 0.3) is 0 Å². The van der Waals surface area contributed by atoms with Gasteiger partial charge in [-0.25, -0.2) is 0 Å². The van der Waals surface area contributed by atoms with E-state index in [9.17, 15) is 4.79 Å². The lowest BCUT2D eigenvalue weighted by Crippen LogP contribution is -2.43. The van der Waals surface area contributed by atoms with Crippen molar-refractivity contribution >= 4 is 17.2 Å². The molecule has 4 heteroatoms. The second-order valence-corrected chi connectivity index (χ2v) is 6.04. The van der Waals surface area contributed by atoms with Crippen molar-refractivity contribution in [3.8, 4) is 0 Å². The van der Waals surface area contributed by atoms with Crippen LogP contribution in [0.15, 0.2) is 17.5 Å². The first-order valence-corrected chi connectivity index (χ1v) is 7.69. The standard InChI is InChI=1S/C14H22N2OS/c1-2-11(15)14(17)16-13(10-6-3-4-7-10)12-8-5-9-18-12/h5,8-11,13H,2-4,6-7,15H2,1H3,(H,16,17)/t11-,13?/m1/s1. The monoisotopic (exact) mass is 266 g/mol. The first kappa shape index (κ1) is 13.6. The van der Waals surface area contributed by atoms with Crippen molar-refractivity contribution in [1.29, 1.82) is 0 Å². The lowest BCUT2D eigenvalue weighted by atomic mass is 9.96. The Bertz CT molecular complexity index is 371. The van der Waals surface area contributed by atoms with E-state index in [0.29, 0.717) is 12.3 Å². The Hall–Kier alpha value is -0.870. The van der Waals surface area contributed by atoms with E-state index in [1.165, 1.54) is 30.6 Å². The summed E-state index contributed by atoms with van der Waals surface area (Å²) in [5.41, 5.74) is 5.81. The van der Waals surface area contributed by atoms with Crippen LogP contribution in [0.1, 0.15) is 49.9 Å². The number of hydrogen-bond donors (Lipinski definition) is 2. The molecule has 3 nitrogen and oxygen atoms in total. The Morgan fingerprint density at radius 3 is 2.83 bits per heavy atom. The maximum Gasteiger partial charge on any atom is 0.237 e. The van der Waals surface area contributed by atoms with Crippen molar-refractivity contribution < 1.29 is 4.79 Å². The zero-order chi connectivity index (χ0) is 13.0. The summed E-state index contributed by atoms with van der Waals surface area (Å²) in [5.74, 6) is 0.569. The molecule has 2 rings (SSSR count). The second kappa shape index (κ2) is 6.34. The van der Waals surface area contributed by atoms with Crippen LogP contribution in [0.2, 0.25) is 0 Å². The maximum atomic E-state index is 12.0. The Labute approximate surface area is 113 Å². The van der Waals surface area contributed by atoms with Gasteiger partial charge in [-0.2, -0.15) is 0 Å². The summed E-state index contributed by atoms with van der Waals surface area (Å²) in [7, 11) is 0. The zero-order valence-electron chi connectivity index (χ0n) is 10.9. The van der Waals surface area contributed by atoms with Crippen LogP contribution in [-0.2, 0) is 4.79 Å². The van der Waals surface area contributed by atoms with E-state index in [1.54, 1.807) is 11.3 Å². The molecule has 1 aliphatic carbocycles. The van der Waals surface area contributed by atoms with Gasteiger partial charge in [-0.05, 0) is 36.6 Å². The number of thiophene rings is 1. The van der Waals surface area contributed by atoms with Gasteiger partial charge in [0.2, 0.25) is 5.91 Å². The van der Waals surface area contributed by atoms with Crippen LogP contribution in [0, 0.1) is 5.92 Å². The van der Waals surface area contributed by atoms with Crippen LogP contribution in [-0.4, -0.2) is 11.9 Å². The lowest BCUT2D eigenvalue weighted by molar-refractivity contribution is -0.123. The molecule has 0 spiro atoms. The Kier molecular flexibility index (Phi) is 4.78. The number of nitrogens with two attached hydrogens (primary N) is 1. The Morgan fingerprint density at radius 2 is 2.28 bits per heavy atom. The number of carbonyl (C=O) groups excluding carboxylic acids is 1. The maximum absolute atomic E-state index is 12.0. The van der Waals surface area contributed by atoms with E-state index in [2.05, 4.69) is 16.8 Å². The molecule has 0 saturated heterocycles. The smallest absolute Gasteiger partial charge is 0.237 e. The van der Waals surface area contributed by atoms with Gasteiger partial charge in [0, 0.05) is 4.88 Å². The van der Waals surface area contributed by atoms with Gasteiger partial charge >= 0.3 is 0 Å². The molecule has 1 amide bonds. The topological polar surface area (TPSA) is 55.1 Å². The highest BCUT2D eigenvalue weighted by Crippen LogP contribution is 2.37. The van der Waals surface area contributed by atoms with Crippen molar-refractivity contribution in [2.45, 2.75) is 51.1 Å². The Morgan fingerprint density at radius 1 is 1.56 bits per heavy atom. The fourth-order valence-corrected chi connectivity index (χ4v) is 3.50. The van der Waals surface area contributed by atoms with Crippen LogP contribution in [0.5, 0.6) is 0 Å². The lowest BCUT2D eigenvalue weighted by Gasteiger charge is -2.25. The van der Waals surface area contributed by atoms with Crippen molar-refractivity contribution in [2.24, 2.45) is 11.7 Å². The summed E-state index contributed by atoms with van der Waals surface area (Å²) in [6.07, 6.45) is 5.67. The quantitative estimate of drug-likeness (QED) is 0.861. The van der Waals surface area contributed by atoms with E-state index in [0.717, 1.165) is 0 Å². The molecule has 2 atom stereocenters. The third-order valence-electron chi connectivity index (χ3n) is 3.80. The molecule has 18 heavy (non-hydrogen) atoms. The Balaban J connectivity index is 2.07. The van der Waals surface area contributed by atoms with Gasteiger partial charge in [0.05, 0.1) is 12.1 Å². The molecule has 0 aromatic carbocycles. The van der Waals surface area contributed by atoms with Crippen molar-refractivity contribution in [1.82, 2.24) is 5.32 Å². The predicted octanol–water partition coefficient (Wildman–Crippen LogP) is 2.83. The SMILES string of the molecule is CC[C@@H](N)C(=O)NC(c1cccs1)C1CCCC1. The van der Waals surface area contributed by atoms with E-state index in [4.69, 9.17) is 5.73 Å². The molecule has 0 bridgehead atoms. The van der Waals surface area contributed by atoms with E-state index < -0.39 is 0 Å². The molecule has 3 N–H and O–H groups in total. The first-order chi connectivity index (χ1) is 8.72. The molecule has 1 saturated carbocycles. The largest absolute Gasteiger partial charge is 0.347 e. The van der Waals surface area contributed by atoms with Crippen LogP contribution in [0.4, 0.5) is 0 Å².